The Balaban J connectivity index is 2.38. The van der Waals surface area contributed by atoms with Crippen molar-refractivity contribution >= 4 is 5.91 Å². The summed E-state index contributed by atoms with van der Waals surface area (Å²) in [5, 5.41) is 3.23. The Labute approximate surface area is 88.9 Å². The van der Waals surface area contributed by atoms with Crippen LogP contribution in [0.3, 0.4) is 0 Å². The molecule has 4 nitrogen and oxygen atoms in total. The summed E-state index contributed by atoms with van der Waals surface area (Å²) in [4.78, 5) is 15.6. The van der Waals surface area contributed by atoms with E-state index in [0.29, 0.717) is 0 Å². The van der Waals surface area contributed by atoms with Gasteiger partial charge < -0.3 is 5.73 Å². The number of primary amides is 1. The van der Waals surface area contributed by atoms with Crippen molar-refractivity contribution in [2.75, 3.05) is 6.54 Å². The molecule has 1 saturated heterocycles. The molecule has 1 atom stereocenters. The van der Waals surface area contributed by atoms with Crippen LogP contribution in [0.1, 0.15) is 24.8 Å². The minimum absolute atomic E-state index is 0.310. The second-order valence-corrected chi connectivity index (χ2v) is 3.90. The monoisotopic (exact) mass is 205 g/mol. The fourth-order valence-electron chi connectivity index (χ4n) is 2.12. The number of nitrogens with zero attached hydrogens (tertiary/aromatic N) is 1. The Hall–Kier alpha value is -1.42. The molecule has 3 N–H and O–H groups in total. The smallest absolute Gasteiger partial charge is 0.242 e. The fourth-order valence-corrected chi connectivity index (χ4v) is 2.12. The van der Waals surface area contributed by atoms with Gasteiger partial charge >= 0.3 is 0 Å². The first-order chi connectivity index (χ1) is 7.26. The second kappa shape index (κ2) is 3.98. The highest BCUT2D eigenvalue weighted by atomic mass is 16.1. The van der Waals surface area contributed by atoms with Crippen LogP contribution >= 0.6 is 0 Å². The SMILES string of the molecule is NC(=O)C1(c2cccnc2)CCCCN1. The average Bonchev–Trinajstić information content (AvgIpc) is 2.31. The van der Waals surface area contributed by atoms with Gasteiger partial charge in [-0.3, -0.25) is 15.1 Å². The lowest BCUT2D eigenvalue weighted by atomic mass is 9.82. The molecule has 2 rings (SSSR count). The maximum atomic E-state index is 11.6. The van der Waals surface area contributed by atoms with Gasteiger partial charge in [0.1, 0.15) is 5.54 Å². The molecule has 0 bridgehead atoms. The summed E-state index contributed by atoms with van der Waals surface area (Å²) >= 11 is 0. The zero-order valence-electron chi connectivity index (χ0n) is 8.57. The van der Waals surface area contributed by atoms with Gasteiger partial charge in [0, 0.05) is 12.4 Å². The van der Waals surface area contributed by atoms with E-state index in [4.69, 9.17) is 5.73 Å². The van der Waals surface area contributed by atoms with E-state index in [9.17, 15) is 4.79 Å². The molecule has 2 heterocycles. The quantitative estimate of drug-likeness (QED) is 0.740. The summed E-state index contributed by atoms with van der Waals surface area (Å²) in [6.45, 7) is 0.831. The van der Waals surface area contributed by atoms with Crippen LogP contribution in [-0.2, 0) is 10.3 Å². The van der Waals surface area contributed by atoms with Crippen LogP contribution in [0, 0.1) is 0 Å². The van der Waals surface area contributed by atoms with Crippen LogP contribution in [0.15, 0.2) is 24.5 Å². The van der Waals surface area contributed by atoms with E-state index >= 15 is 0 Å². The molecule has 0 aromatic carbocycles. The standard InChI is InChI=1S/C11H15N3O/c12-10(15)11(5-1-2-7-14-11)9-4-3-6-13-8-9/h3-4,6,8,14H,1-2,5,7H2,(H2,12,15). The molecule has 1 amide bonds. The van der Waals surface area contributed by atoms with Crippen molar-refractivity contribution in [3.63, 3.8) is 0 Å². The largest absolute Gasteiger partial charge is 0.368 e. The average molecular weight is 205 g/mol. The number of piperidine rings is 1. The molecule has 0 radical (unpaired) electrons. The summed E-state index contributed by atoms with van der Waals surface area (Å²) in [7, 11) is 0. The van der Waals surface area contributed by atoms with Gasteiger partial charge in [-0.05, 0) is 37.4 Å². The Morgan fingerprint density at radius 2 is 2.40 bits per heavy atom. The van der Waals surface area contributed by atoms with E-state index in [0.717, 1.165) is 31.4 Å². The Bertz CT molecular complexity index is 344. The van der Waals surface area contributed by atoms with Crippen molar-refractivity contribution in [3.05, 3.63) is 30.1 Å². The summed E-state index contributed by atoms with van der Waals surface area (Å²) in [6.07, 6.45) is 6.28. The number of amides is 1. The maximum Gasteiger partial charge on any atom is 0.242 e. The number of nitrogens with one attached hydrogen (secondary N) is 1. The summed E-state index contributed by atoms with van der Waals surface area (Å²) in [6, 6.07) is 3.73. The van der Waals surface area contributed by atoms with Gasteiger partial charge in [0.25, 0.3) is 0 Å². The van der Waals surface area contributed by atoms with Gasteiger partial charge in [-0.25, -0.2) is 0 Å². The van der Waals surface area contributed by atoms with Crippen LogP contribution in [0.4, 0.5) is 0 Å². The van der Waals surface area contributed by atoms with Crippen LogP contribution in [0.2, 0.25) is 0 Å². The highest BCUT2D eigenvalue weighted by molar-refractivity contribution is 5.86. The van der Waals surface area contributed by atoms with Gasteiger partial charge in [-0.15, -0.1) is 0 Å². The number of nitrogens with two attached hydrogens (primary N) is 1. The normalized spacial score (nSPS) is 26.1. The highest BCUT2D eigenvalue weighted by Gasteiger charge is 2.39. The predicted octanol–water partition coefficient (Wildman–Crippen LogP) is 0.536. The molecule has 1 aliphatic heterocycles. The van der Waals surface area contributed by atoms with Gasteiger partial charge in [0.15, 0.2) is 0 Å². The van der Waals surface area contributed by atoms with Crippen LogP contribution < -0.4 is 11.1 Å². The third-order valence-electron chi connectivity index (χ3n) is 2.98. The molecule has 1 aromatic heterocycles. The summed E-state index contributed by atoms with van der Waals surface area (Å²) in [5.41, 5.74) is 5.68. The number of aromatic nitrogens is 1. The molecule has 80 valence electrons. The number of rotatable bonds is 2. The van der Waals surface area contributed by atoms with E-state index in [1.807, 2.05) is 12.1 Å². The third-order valence-corrected chi connectivity index (χ3v) is 2.98. The first-order valence-corrected chi connectivity index (χ1v) is 5.21. The molecule has 0 saturated carbocycles. The van der Waals surface area contributed by atoms with Crippen LogP contribution in [0.5, 0.6) is 0 Å². The van der Waals surface area contributed by atoms with E-state index < -0.39 is 5.54 Å². The van der Waals surface area contributed by atoms with Crippen molar-refractivity contribution in [1.29, 1.82) is 0 Å². The lowest BCUT2D eigenvalue weighted by Gasteiger charge is -2.35. The zero-order valence-corrected chi connectivity index (χ0v) is 8.57. The van der Waals surface area contributed by atoms with Gasteiger partial charge in [0.05, 0.1) is 0 Å². The van der Waals surface area contributed by atoms with Crippen LogP contribution in [-0.4, -0.2) is 17.4 Å². The fraction of sp³-hybridized carbons (Fsp3) is 0.455. The summed E-state index contributed by atoms with van der Waals surface area (Å²) < 4.78 is 0. The van der Waals surface area contributed by atoms with E-state index in [1.54, 1.807) is 12.4 Å². The van der Waals surface area contributed by atoms with Gasteiger partial charge in [-0.1, -0.05) is 6.07 Å². The van der Waals surface area contributed by atoms with E-state index in [-0.39, 0.29) is 5.91 Å². The topological polar surface area (TPSA) is 68.0 Å². The molecule has 0 aliphatic carbocycles. The molecule has 4 heteroatoms. The molecular weight excluding hydrogens is 190 g/mol. The zero-order chi connectivity index (χ0) is 10.7. The first kappa shape index (κ1) is 10.1. The number of pyridine rings is 1. The molecule has 0 spiro atoms. The number of hydrogen-bond donors (Lipinski definition) is 2. The lowest BCUT2D eigenvalue weighted by molar-refractivity contribution is -0.125. The molecule has 1 aliphatic rings. The highest BCUT2D eigenvalue weighted by Crippen LogP contribution is 2.29. The summed E-state index contributed by atoms with van der Waals surface area (Å²) in [5.74, 6) is -0.310. The lowest BCUT2D eigenvalue weighted by Crippen LogP contribution is -2.55. The predicted molar refractivity (Wildman–Crippen MR) is 57.0 cm³/mol. The Morgan fingerprint density at radius 1 is 1.53 bits per heavy atom. The van der Waals surface area contributed by atoms with Gasteiger partial charge in [-0.2, -0.15) is 0 Å². The van der Waals surface area contributed by atoms with E-state index in [1.165, 1.54) is 0 Å². The molecule has 1 unspecified atom stereocenters. The van der Waals surface area contributed by atoms with Crippen molar-refractivity contribution in [3.8, 4) is 0 Å². The minimum Gasteiger partial charge on any atom is -0.368 e. The van der Waals surface area contributed by atoms with Crippen molar-refractivity contribution in [2.24, 2.45) is 5.73 Å². The molecular formula is C11H15N3O. The Morgan fingerprint density at radius 3 is 2.93 bits per heavy atom. The number of carbonyl (C=O) groups excluding carboxylic acids is 1. The molecule has 1 fully saturated rings. The third kappa shape index (κ3) is 1.72. The first-order valence-electron chi connectivity index (χ1n) is 5.21. The van der Waals surface area contributed by atoms with Crippen molar-refractivity contribution < 1.29 is 4.79 Å². The maximum absolute atomic E-state index is 11.6. The van der Waals surface area contributed by atoms with Gasteiger partial charge in [0.2, 0.25) is 5.91 Å². The molecule has 15 heavy (non-hydrogen) atoms. The number of hydrogen-bond acceptors (Lipinski definition) is 3. The van der Waals surface area contributed by atoms with E-state index in [2.05, 4.69) is 10.3 Å². The van der Waals surface area contributed by atoms with Crippen molar-refractivity contribution in [1.82, 2.24) is 10.3 Å². The van der Waals surface area contributed by atoms with Crippen molar-refractivity contribution in [2.45, 2.75) is 24.8 Å². The Kier molecular flexibility index (Phi) is 2.68. The second-order valence-electron chi connectivity index (χ2n) is 3.90. The minimum atomic E-state index is -0.702. The van der Waals surface area contributed by atoms with Crippen LogP contribution in [0.25, 0.3) is 0 Å². The number of carbonyl (C=O) groups is 1. The molecule has 1 aromatic rings.